The molecule has 0 radical (unpaired) electrons. The molecule has 0 spiro atoms. The van der Waals surface area contributed by atoms with E-state index in [4.69, 9.17) is 4.74 Å². The molecule has 0 aliphatic rings. The van der Waals surface area contributed by atoms with Crippen LogP contribution in [-0.2, 0) is 4.74 Å². The van der Waals surface area contributed by atoms with Crippen molar-refractivity contribution in [2.75, 3.05) is 24.4 Å². The van der Waals surface area contributed by atoms with Gasteiger partial charge in [-0.05, 0) is 24.0 Å². The van der Waals surface area contributed by atoms with E-state index in [-0.39, 0.29) is 0 Å². The molecule has 1 nitrogen and oxygen atoms in total. The third-order valence-corrected chi connectivity index (χ3v) is 4.90. The number of methoxy groups -OCH3 is 1. The zero-order valence-corrected chi connectivity index (χ0v) is 14.1. The van der Waals surface area contributed by atoms with Crippen molar-refractivity contribution in [2.24, 2.45) is 0 Å². The third kappa shape index (κ3) is 12.3. The van der Waals surface area contributed by atoms with E-state index in [9.17, 15) is 0 Å². The Morgan fingerprint density at radius 1 is 1.21 bits per heavy atom. The molecule has 0 N–H and O–H groups in total. The Bertz CT molecular complexity index is 343. The van der Waals surface area contributed by atoms with Crippen molar-refractivity contribution in [1.29, 1.82) is 0 Å². The van der Waals surface area contributed by atoms with Crippen LogP contribution >= 0.6 is 33.3 Å². The second-order valence-electron chi connectivity index (χ2n) is 3.48. The molecular formula is C15H22OS3. The molecule has 0 heterocycles. The van der Waals surface area contributed by atoms with Crippen molar-refractivity contribution in [3.63, 3.8) is 0 Å². The second-order valence-corrected chi connectivity index (χ2v) is 6.83. The summed E-state index contributed by atoms with van der Waals surface area (Å²) in [6, 6.07) is 0. The molecule has 0 aliphatic carbocycles. The van der Waals surface area contributed by atoms with Crippen LogP contribution < -0.4 is 0 Å². The Morgan fingerprint density at radius 2 is 2.00 bits per heavy atom. The first kappa shape index (κ1) is 18.6. The van der Waals surface area contributed by atoms with E-state index in [1.807, 2.05) is 43.0 Å². The highest BCUT2D eigenvalue weighted by molar-refractivity contribution is 8.77. The van der Waals surface area contributed by atoms with E-state index >= 15 is 0 Å². The average molecular weight is 315 g/mol. The normalized spacial score (nSPS) is 12.7. The van der Waals surface area contributed by atoms with Gasteiger partial charge in [-0.2, -0.15) is 11.8 Å². The maximum Gasteiger partial charge on any atom is 0.0924 e. The SMILES string of the molecule is C=CCSC/C=C\SSC/C(C=C)=C/C=C(\C)OC. The smallest absolute Gasteiger partial charge is 0.0924 e. The van der Waals surface area contributed by atoms with Gasteiger partial charge in [0, 0.05) is 17.3 Å². The summed E-state index contributed by atoms with van der Waals surface area (Å²) in [5.74, 6) is 3.89. The third-order valence-electron chi connectivity index (χ3n) is 2.01. The summed E-state index contributed by atoms with van der Waals surface area (Å²) in [6.45, 7) is 9.44. The van der Waals surface area contributed by atoms with E-state index in [0.29, 0.717) is 0 Å². The molecule has 0 aromatic carbocycles. The van der Waals surface area contributed by atoms with Gasteiger partial charge in [0.1, 0.15) is 0 Å². The van der Waals surface area contributed by atoms with Gasteiger partial charge in [-0.25, -0.2) is 0 Å². The zero-order chi connectivity index (χ0) is 14.3. The van der Waals surface area contributed by atoms with Crippen molar-refractivity contribution >= 4 is 33.3 Å². The Kier molecular flexibility index (Phi) is 13.6. The maximum absolute atomic E-state index is 5.08. The minimum absolute atomic E-state index is 0.899. The molecule has 0 amide bonds. The van der Waals surface area contributed by atoms with Gasteiger partial charge in [-0.15, -0.1) is 6.58 Å². The standard InChI is InChI=1S/C15H22OS3/c1-5-10-17-11-7-12-18-19-13-15(6-2)9-8-14(3)16-4/h5-9,12H,1-2,10-11,13H2,3-4H3/b12-7-,14-8+,15-9+. The molecule has 19 heavy (non-hydrogen) atoms. The van der Waals surface area contributed by atoms with Crippen LogP contribution in [0.4, 0.5) is 0 Å². The maximum atomic E-state index is 5.08. The van der Waals surface area contributed by atoms with Gasteiger partial charge >= 0.3 is 0 Å². The first-order chi connectivity index (χ1) is 9.24. The molecule has 106 valence electrons. The minimum Gasteiger partial charge on any atom is -0.501 e. The summed E-state index contributed by atoms with van der Waals surface area (Å²) in [4.78, 5) is 0. The lowest BCUT2D eigenvalue weighted by molar-refractivity contribution is 0.294. The molecule has 0 bridgehead atoms. The Morgan fingerprint density at radius 3 is 2.63 bits per heavy atom. The molecule has 0 unspecified atom stereocenters. The summed E-state index contributed by atoms with van der Waals surface area (Å²) in [5.41, 5.74) is 1.20. The lowest BCUT2D eigenvalue weighted by Gasteiger charge is -1.99. The molecular weight excluding hydrogens is 292 g/mol. The highest BCUT2D eigenvalue weighted by Gasteiger charge is 1.92. The topological polar surface area (TPSA) is 9.23 Å². The van der Waals surface area contributed by atoms with Crippen LogP contribution in [0.5, 0.6) is 0 Å². The molecule has 0 saturated carbocycles. The monoisotopic (exact) mass is 314 g/mol. The van der Waals surface area contributed by atoms with Crippen LogP contribution in [0.3, 0.4) is 0 Å². The first-order valence-electron chi connectivity index (χ1n) is 5.90. The molecule has 0 rings (SSSR count). The summed E-state index contributed by atoms with van der Waals surface area (Å²) in [5, 5.41) is 2.14. The molecule has 0 fully saturated rings. The number of allylic oxidation sites excluding steroid dienone is 4. The van der Waals surface area contributed by atoms with Crippen molar-refractivity contribution in [3.8, 4) is 0 Å². The van der Waals surface area contributed by atoms with Gasteiger partial charge in [0.2, 0.25) is 0 Å². The Labute approximate surface area is 129 Å². The van der Waals surface area contributed by atoms with Gasteiger partial charge in [0.05, 0.1) is 12.9 Å². The van der Waals surface area contributed by atoms with Gasteiger partial charge in [-0.3, -0.25) is 0 Å². The van der Waals surface area contributed by atoms with Gasteiger partial charge < -0.3 is 4.74 Å². The van der Waals surface area contributed by atoms with E-state index < -0.39 is 0 Å². The number of ether oxygens (including phenoxy) is 1. The Balaban J connectivity index is 3.84. The summed E-state index contributed by atoms with van der Waals surface area (Å²) in [6.07, 6.45) is 10.00. The summed E-state index contributed by atoms with van der Waals surface area (Å²) in [7, 11) is 5.22. The highest BCUT2D eigenvalue weighted by Crippen LogP contribution is 2.25. The van der Waals surface area contributed by atoms with Crippen molar-refractivity contribution < 1.29 is 4.74 Å². The highest BCUT2D eigenvalue weighted by atomic mass is 33.1. The van der Waals surface area contributed by atoms with Crippen molar-refractivity contribution in [2.45, 2.75) is 6.92 Å². The van der Waals surface area contributed by atoms with Crippen molar-refractivity contribution in [1.82, 2.24) is 0 Å². The van der Waals surface area contributed by atoms with E-state index in [1.54, 1.807) is 28.7 Å². The molecule has 4 heteroatoms. The quantitative estimate of drug-likeness (QED) is 0.164. The van der Waals surface area contributed by atoms with Crippen LogP contribution in [0, 0.1) is 0 Å². The second kappa shape index (κ2) is 14.0. The number of hydrogen-bond donors (Lipinski definition) is 0. The fraction of sp³-hybridized carbons (Fsp3) is 0.333. The zero-order valence-electron chi connectivity index (χ0n) is 11.6. The van der Waals surface area contributed by atoms with Crippen LogP contribution in [-0.4, -0.2) is 24.4 Å². The average Bonchev–Trinajstić information content (AvgIpc) is 2.44. The molecule has 0 aromatic rings. The van der Waals surface area contributed by atoms with Crippen LogP contribution in [0.1, 0.15) is 6.92 Å². The molecule has 0 aromatic heterocycles. The van der Waals surface area contributed by atoms with Gasteiger partial charge in [0.25, 0.3) is 0 Å². The molecule has 0 saturated heterocycles. The molecule has 0 atom stereocenters. The lowest BCUT2D eigenvalue weighted by atomic mass is 10.2. The minimum atomic E-state index is 0.899. The van der Waals surface area contributed by atoms with Crippen molar-refractivity contribution in [3.05, 3.63) is 60.3 Å². The Hall–Kier alpha value is -0.450. The van der Waals surface area contributed by atoms with E-state index in [0.717, 1.165) is 23.0 Å². The van der Waals surface area contributed by atoms with Crippen LogP contribution in [0.2, 0.25) is 0 Å². The van der Waals surface area contributed by atoms with Gasteiger partial charge in [-0.1, -0.05) is 52.5 Å². The fourth-order valence-electron chi connectivity index (χ4n) is 0.907. The predicted molar refractivity (Wildman–Crippen MR) is 95.8 cm³/mol. The van der Waals surface area contributed by atoms with Gasteiger partial charge in [0.15, 0.2) is 0 Å². The predicted octanol–water partition coefficient (Wildman–Crippen LogP) is 5.46. The number of thioether (sulfide) groups is 1. The largest absolute Gasteiger partial charge is 0.501 e. The van der Waals surface area contributed by atoms with Crippen LogP contribution in [0.15, 0.2) is 60.3 Å². The van der Waals surface area contributed by atoms with Crippen LogP contribution in [0.25, 0.3) is 0 Å². The van der Waals surface area contributed by atoms with E-state index in [1.165, 1.54) is 5.57 Å². The summed E-state index contributed by atoms with van der Waals surface area (Å²) >= 11 is 1.86. The number of rotatable bonds is 11. The lowest BCUT2D eigenvalue weighted by Crippen LogP contribution is -1.82. The van der Waals surface area contributed by atoms with E-state index in [2.05, 4.69) is 24.6 Å². The number of hydrogen-bond acceptors (Lipinski definition) is 4. The summed E-state index contributed by atoms with van der Waals surface area (Å²) < 4.78 is 5.08. The molecule has 0 aliphatic heterocycles. The fourth-order valence-corrected chi connectivity index (χ4v) is 3.32. The first-order valence-corrected chi connectivity index (χ1v) is 9.44.